The van der Waals surface area contributed by atoms with E-state index in [1.807, 2.05) is 24.3 Å². The lowest BCUT2D eigenvalue weighted by molar-refractivity contribution is -0.0791. The van der Waals surface area contributed by atoms with Crippen molar-refractivity contribution in [1.29, 1.82) is 0 Å². The lowest BCUT2D eigenvalue weighted by Gasteiger charge is -2.38. The SMILES string of the molecule is C=CC(O)[C@H](O[Si](CC)(CC)CC)[C@@H](CCC)OCc1ccc(OC)cc1. The van der Waals surface area contributed by atoms with Crippen LogP contribution in [0.25, 0.3) is 0 Å². The maximum atomic E-state index is 10.6. The third-order valence-electron chi connectivity index (χ3n) is 5.46. The van der Waals surface area contributed by atoms with Gasteiger partial charge in [-0.2, -0.15) is 0 Å². The van der Waals surface area contributed by atoms with Gasteiger partial charge in [-0.1, -0.05) is 52.3 Å². The van der Waals surface area contributed by atoms with Crippen molar-refractivity contribution in [2.75, 3.05) is 7.11 Å². The van der Waals surface area contributed by atoms with Gasteiger partial charge in [0.05, 0.1) is 25.9 Å². The molecule has 1 rings (SSSR count). The van der Waals surface area contributed by atoms with Crippen LogP contribution in [0.3, 0.4) is 0 Å². The Bertz CT molecular complexity index is 519. The number of aliphatic hydroxyl groups is 1. The summed E-state index contributed by atoms with van der Waals surface area (Å²) in [6.07, 6.45) is 2.12. The molecule has 0 amide bonds. The van der Waals surface area contributed by atoms with Crippen LogP contribution < -0.4 is 4.74 Å². The first-order valence-corrected chi connectivity index (χ1v) is 12.7. The standard InChI is InChI=1S/C22H38O4Si/c1-7-12-21(25-17-18-13-15-19(24-6)16-14-18)22(20(23)8-2)26-27(9-3,10-4)11-5/h8,13-16,20-23H,2,7,9-12,17H2,1,3-6H3/t20?,21-,22+/m1/s1. The summed E-state index contributed by atoms with van der Waals surface area (Å²) >= 11 is 0. The first-order valence-electron chi connectivity index (χ1n) is 10.2. The van der Waals surface area contributed by atoms with Gasteiger partial charge in [0.25, 0.3) is 0 Å². The van der Waals surface area contributed by atoms with Crippen LogP contribution in [0.1, 0.15) is 46.1 Å². The van der Waals surface area contributed by atoms with Gasteiger partial charge < -0.3 is 19.0 Å². The molecule has 0 spiro atoms. The van der Waals surface area contributed by atoms with Crippen LogP contribution in [0.5, 0.6) is 5.75 Å². The molecule has 0 radical (unpaired) electrons. The van der Waals surface area contributed by atoms with Crippen LogP contribution in [0, 0.1) is 0 Å². The van der Waals surface area contributed by atoms with E-state index in [-0.39, 0.29) is 12.2 Å². The number of aliphatic hydroxyl groups excluding tert-OH is 1. The van der Waals surface area contributed by atoms with Gasteiger partial charge in [-0.05, 0) is 42.2 Å². The zero-order valence-corrected chi connectivity index (χ0v) is 18.7. The minimum absolute atomic E-state index is 0.165. The third kappa shape index (κ3) is 7.07. The average molecular weight is 395 g/mol. The fourth-order valence-electron chi connectivity index (χ4n) is 3.34. The molecular formula is C22H38O4Si. The second-order valence-electron chi connectivity index (χ2n) is 7.04. The lowest BCUT2D eigenvalue weighted by Crippen LogP contribution is -2.49. The Labute approximate surface area is 166 Å². The molecular weight excluding hydrogens is 356 g/mol. The predicted octanol–water partition coefficient (Wildman–Crippen LogP) is 5.32. The van der Waals surface area contributed by atoms with Gasteiger partial charge in [0.1, 0.15) is 11.9 Å². The van der Waals surface area contributed by atoms with E-state index < -0.39 is 14.4 Å². The van der Waals surface area contributed by atoms with Crippen molar-refractivity contribution in [2.45, 2.75) is 83.6 Å². The number of hydrogen-bond donors (Lipinski definition) is 1. The quantitative estimate of drug-likeness (QED) is 0.343. The van der Waals surface area contributed by atoms with Gasteiger partial charge in [0.2, 0.25) is 0 Å². The molecule has 1 aromatic rings. The normalized spacial score (nSPS) is 15.2. The van der Waals surface area contributed by atoms with Crippen molar-refractivity contribution in [2.24, 2.45) is 0 Å². The van der Waals surface area contributed by atoms with Crippen LogP contribution in [0.15, 0.2) is 36.9 Å². The summed E-state index contributed by atoms with van der Waals surface area (Å²) in [5, 5.41) is 10.6. The highest BCUT2D eigenvalue weighted by molar-refractivity contribution is 6.73. The molecule has 0 aliphatic carbocycles. The molecule has 0 aliphatic heterocycles. The van der Waals surface area contributed by atoms with Crippen LogP contribution in [-0.4, -0.2) is 38.8 Å². The molecule has 5 heteroatoms. The number of ether oxygens (including phenoxy) is 2. The molecule has 1 N–H and O–H groups in total. The topological polar surface area (TPSA) is 47.9 Å². The van der Waals surface area contributed by atoms with E-state index in [1.165, 1.54) is 0 Å². The number of benzene rings is 1. The Morgan fingerprint density at radius 2 is 1.67 bits per heavy atom. The van der Waals surface area contributed by atoms with E-state index in [9.17, 15) is 5.11 Å². The van der Waals surface area contributed by atoms with E-state index in [2.05, 4.69) is 34.3 Å². The molecule has 0 aliphatic rings. The van der Waals surface area contributed by atoms with Crippen molar-refractivity contribution in [1.82, 2.24) is 0 Å². The summed E-state index contributed by atoms with van der Waals surface area (Å²) in [4.78, 5) is 0. The maximum Gasteiger partial charge on any atom is 0.192 e. The fourth-order valence-corrected chi connectivity index (χ4v) is 6.21. The van der Waals surface area contributed by atoms with Gasteiger partial charge in [-0.25, -0.2) is 0 Å². The number of rotatable bonds is 14. The highest BCUT2D eigenvalue weighted by Crippen LogP contribution is 2.28. The largest absolute Gasteiger partial charge is 0.497 e. The van der Waals surface area contributed by atoms with Crippen LogP contribution in [0.4, 0.5) is 0 Å². The smallest absolute Gasteiger partial charge is 0.192 e. The molecule has 0 fully saturated rings. The highest BCUT2D eigenvalue weighted by Gasteiger charge is 2.37. The van der Waals surface area contributed by atoms with E-state index >= 15 is 0 Å². The summed E-state index contributed by atoms with van der Waals surface area (Å²) in [6, 6.07) is 11.0. The first-order chi connectivity index (χ1) is 13.0. The Morgan fingerprint density at radius 3 is 2.11 bits per heavy atom. The summed E-state index contributed by atoms with van der Waals surface area (Å²) in [5.74, 6) is 0.830. The van der Waals surface area contributed by atoms with Crippen LogP contribution in [0.2, 0.25) is 18.1 Å². The Hall–Kier alpha value is -1.14. The second kappa shape index (κ2) is 12.3. The monoisotopic (exact) mass is 394 g/mol. The number of methoxy groups -OCH3 is 1. The number of hydrogen-bond acceptors (Lipinski definition) is 4. The lowest BCUT2D eigenvalue weighted by atomic mass is 10.0. The van der Waals surface area contributed by atoms with E-state index in [1.54, 1.807) is 13.2 Å². The van der Waals surface area contributed by atoms with Crippen molar-refractivity contribution in [3.8, 4) is 5.75 Å². The maximum absolute atomic E-state index is 10.6. The molecule has 27 heavy (non-hydrogen) atoms. The van der Waals surface area contributed by atoms with Crippen molar-refractivity contribution in [3.05, 3.63) is 42.5 Å². The van der Waals surface area contributed by atoms with E-state index in [0.717, 1.165) is 42.3 Å². The Balaban J connectivity index is 2.95. The minimum atomic E-state index is -1.88. The minimum Gasteiger partial charge on any atom is -0.497 e. The molecule has 154 valence electrons. The molecule has 1 unspecified atom stereocenters. The molecule has 0 heterocycles. The fraction of sp³-hybridized carbons (Fsp3) is 0.636. The van der Waals surface area contributed by atoms with Crippen molar-refractivity contribution < 1.29 is 19.0 Å². The van der Waals surface area contributed by atoms with Gasteiger partial charge in [0.15, 0.2) is 8.32 Å². The van der Waals surface area contributed by atoms with E-state index in [0.29, 0.717) is 6.61 Å². The van der Waals surface area contributed by atoms with Gasteiger partial charge in [0, 0.05) is 0 Å². The summed E-state index contributed by atoms with van der Waals surface area (Å²) < 4.78 is 18.1. The summed E-state index contributed by atoms with van der Waals surface area (Å²) in [6.45, 7) is 13.0. The van der Waals surface area contributed by atoms with Gasteiger partial charge >= 0.3 is 0 Å². The zero-order valence-electron chi connectivity index (χ0n) is 17.7. The summed E-state index contributed by atoms with van der Waals surface area (Å²) in [5.41, 5.74) is 1.08. The van der Waals surface area contributed by atoms with Gasteiger partial charge in [-0.3, -0.25) is 0 Å². The average Bonchev–Trinajstić information content (AvgIpc) is 2.72. The molecule has 0 bridgehead atoms. The molecule has 3 atom stereocenters. The summed E-state index contributed by atoms with van der Waals surface area (Å²) in [7, 11) is -0.217. The first kappa shape index (κ1) is 23.9. The second-order valence-corrected chi connectivity index (χ2v) is 11.8. The Morgan fingerprint density at radius 1 is 1.07 bits per heavy atom. The molecule has 0 aromatic heterocycles. The molecule has 0 saturated carbocycles. The van der Waals surface area contributed by atoms with Crippen LogP contribution >= 0.6 is 0 Å². The zero-order chi connectivity index (χ0) is 20.3. The molecule has 1 aromatic carbocycles. The predicted molar refractivity (Wildman–Crippen MR) is 115 cm³/mol. The third-order valence-corrected chi connectivity index (χ3v) is 10.1. The van der Waals surface area contributed by atoms with E-state index in [4.69, 9.17) is 13.9 Å². The van der Waals surface area contributed by atoms with Crippen molar-refractivity contribution >= 4 is 8.32 Å². The van der Waals surface area contributed by atoms with Crippen molar-refractivity contribution in [3.63, 3.8) is 0 Å². The Kier molecular flexibility index (Phi) is 10.9. The highest BCUT2D eigenvalue weighted by atomic mass is 28.4. The molecule has 4 nitrogen and oxygen atoms in total. The van der Waals surface area contributed by atoms with Gasteiger partial charge in [-0.15, -0.1) is 6.58 Å². The molecule has 0 saturated heterocycles. The van der Waals surface area contributed by atoms with Crippen LogP contribution in [-0.2, 0) is 15.8 Å².